The van der Waals surface area contributed by atoms with Crippen LogP contribution in [0.3, 0.4) is 0 Å². The Morgan fingerprint density at radius 3 is 2.56 bits per heavy atom. The van der Waals surface area contributed by atoms with Crippen LogP contribution in [-0.4, -0.2) is 28.3 Å². The first-order chi connectivity index (χ1) is 8.49. The lowest BCUT2D eigenvalue weighted by Gasteiger charge is -2.14. The smallest absolute Gasteiger partial charge is 0.450 e. The van der Waals surface area contributed by atoms with Crippen LogP contribution in [0, 0.1) is 10.1 Å². The highest BCUT2D eigenvalue weighted by atomic mass is 16.7. The van der Waals surface area contributed by atoms with Gasteiger partial charge < -0.3 is 9.84 Å². The number of ether oxygens (including phenoxy) is 1. The van der Waals surface area contributed by atoms with Gasteiger partial charge in [-0.15, -0.1) is 0 Å². The van der Waals surface area contributed by atoms with E-state index in [9.17, 15) is 14.9 Å². The standard InChI is InChI=1S/C12H15NO5/c1-9(18-12(14)15)7-11(13(16)17)8-10-5-3-2-4-6-10/h2-6,9,11H,7-8H2,1H3,(H,14,15). The number of nitro groups is 1. The molecule has 2 atom stereocenters. The van der Waals surface area contributed by atoms with E-state index in [1.54, 1.807) is 12.1 Å². The molecule has 0 amide bonds. The van der Waals surface area contributed by atoms with Crippen molar-refractivity contribution in [2.75, 3.05) is 0 Å². The molecule has 0 radical (unpaired) electrons. The maximum absolute atomic E-state index is 10.9. The second-order valence-corrected chi connectivity index (χ2v) is 4.06. The van der Waals surface area contributed by atoms with Gasteiger partial charge in [0.15, 0.2) is 0 Å². The number of rotatable bonds is 6. The second kappa shape index (κ2) is 6.58. The Hall–Kier alpha value is -2.11. The predicted molar refractivity (Wildman–Crippen MR) is 64.1 cm³/mol. The lowest BCUT2D eigenvalue weighted by atomic mass is 10.0. The summed E-state index contributed by atoms with van der Waals surface area (Å²) in [5, 5.41) is 19.4. The molecule has 6 nitrogen and oxygen atoms in total. The van der Waals surface area contributed by atoms with Crippen molar-refractivity contribution in [3.8, 4) is 0 Å². The highest BCUT2D eigenvalue weighted by molar-refractivity contribution is 5.57. The Morgan fingerprint density at radius 1 is 1.44 bits per heavy atom. The average Bonchev–Trinajstić information content (AvgIpc) is 2.28. The summed E-state index contributed by atoms with van der Waals surface area (Å²) >= 11 is 0. The van der Waals surface area contributed by atoms with Gasteiger partial charge in [0.05, 0.1) is 6.42 Å². The van der Waals surface area contributed by atoms with E-state index < -0.39 is 23.2 Å². The average molecular weight is 253 g/mol. The molecule has 0 saturated carbocycles. The van der Waals surface area contributed by atoms with Gasteiger partial charge in [-0.25, -0.2) is 4.79 Å². The Balaban J connectivity index is 2.61. The van der Waals surface area contributed by atoms with Gasteiger partial charge in [-0.2, -0.15) is 0 Å². The minimum atomic E-state index is -1.41. The van der Waals surface area contributed by atoms with Crippen LogP contribution in [0.15, 0.2) is 30.3 Å². The van der Waals surface area contributed by atoms with Crippen LogP contribution in [0.2, 0.25) is 0 Å². The lowest BCUT2D eigenvalue weighted by Crippen LogP contribution is -2.28. The van der Waals surface area contributed by atoms with Crippen LogP contribution in [0.25, 0.3) is 0 Å². The predicted octanol–water partition coefficient (Wildman–Crippen LogP) is 2.35. The number of carbonyl (C=O) groups is 1. The molecule has 18 heavy (non-hydrogen) atoms. The van der Waals surface area contributed by atoms with Gasteiger partial charge >= 0.3 is 6.16 Å². The lowest BCUT2D eigenvalue weighted by molar-refractivity contribution is -0.524. The van der Waals surface area contributed by atoms with Crippen LogP contribution >= 0.6 is 0 Å². The summed E-state index contributed by atoms with van der Waals surface area (Å²) in [7, 11) is 0. The molecule has 1 aromatic carbocycles. The van der Waals surface area contributed by atoms with Crippen LogP contribution in [0.5, 0.6) is 0 Å². The molecule has 98 valence electrons. The third-order valence-electron chi connectivity index (χ3n) is 2.52. The van der Waals surface area contributed by atoms with Crippen LogP contribution in [0.4, 0.5) is 4.79 Å². The minimum Gasteiger partial charge on any atom is -0.450 e. The van der Waals surface area contributed by atoms with Crippen molar-refractivity contribution in [3.05, 3.63) is 46.0 Å². The van der Waals surface area contributed by atoms with E-state index >= 15 is 0 Å². The monoisotopic (exact) mass is 253 g/mol. The van der Waals surface area contributed by atoms with E-state index in [1.807, 2.05) is 18.2 Å². The zero-order chi connectivity index (χ0) is 13.5. The fourth-order valence-corrected chi connectivity index (χ4v) is 1.73. The zero-order valence-corrected chi connectivity index (χ0v) is 9.98. The number of carboxylic acid groups (broad SMARTS) is 1. The SMILES string of the molecule is CC(CC(Cc1ccccc1)[N+](=O)[O-])OC(=O)O. The van der Waals surface area contributed by atoms with Crippen molar-refractivity contribution in [1.82, 2.24) is 0 Å². The molecule has 1 aromatic rings. The molecular weight excluding hydrogens is 238 g/mol. The molecule has 0 bridgehead atoms. The first kappa shape index (κ1) is 14.0. The molecule has 0 fully saturated rings. The summed E-state index contributed by atoms with van der Waals surface area (Å²) in [5.74, 6) is 0. The van der Waals surface area contributed by atoms with Crippen LogP contribution < -0.4 is 0 Å². The van der Waals surface area contributed by atoms with Crippen molar-refractivity contribution in [3.63, 3.8) is 0 Å². The fraction of sp³-hybridized carbons (Fsp3) is 0.417. The first-order valence-electron chi connectivity index (χ1n) is 5.56. The highest BCUT2D eigenvalue weighted by Gasteiger charge is 2.25. The number of nitrogens with zero attached hydrogens (tertiary/aromatic N) is 1. The van der Waals surface area contributed by atoms with Gasteiger partial charge in [0.25, 0.3) is 0 Å². The first-order valence-corrected chi connectivity index (χ1v) is 5.56. The van der Waals surface area contributed by atoms with Gasteiger partial charge in [-0.1, -0.05) is 30.3 Å². The zero-order valence-electron chi connectivity index (χ0n) is 9.98. The highest BCUT2D eigenvalue weighted by Crippen LogP contribution is 2.12. The molecule has 2 unspecified atom stereocenters. The molecule has 0 spiro atoms. The summed E-state index contributed by atoms with van der Waals surface area (Å²) in [5.41, 5.74) is 0.849. The third kappa shape index (κ3) is 4.82. The molecule has 1 N–H and O–H groups in total. The van der Waals surface area contributed by atoms with Gasteiger partial charge in [-0.05, 0) is 12.5 Å². The molecule has 0 aromatic heterocycles. The van der Waals surface area contributed by atoms with Crippen molar-refractivity contribution < 1.29 is 19.6 Å². The third-order valence-corrected chi connectivity index (χ3v) is 2.52. The summed E-state index contributed by atoms with van der Waals surface area (Å²) in [4.78, 5) is 20.9. The van der Waals surface area contributed by atoms with E-state index in [1.165, 1.54) is 6.92 Å². The molecule has 0 aliphatic rings. The molecule has 0 saturated heterocycles. The second-order valence-electron chi connectivity index (χ2n) is 4.06. The van der Waals surface area contributed by atoms with Crippen molar-refractivity contribution >= 4 is 6.16 Å². The van der Waals surface area contributed by atoms with Gasteiger partial charge in [0.2, 0.25) is 6.04 Å². The summed E-state index contributed by atoms with van der Waals surface area (Å²) < 4.78 is 4.48. The maximum Gasteiger partial charge on any atom is 0.506 e. The van der Waals surface area contributed by atoms with Crippen LogP contribution in [-0.2, 0) is 11.2 Å². The van der Waals surface area contributed by atoms with Gasteiger partial charge in [0.1, 0.15) is 6.10 Å². The topological polar surface area (TPSA) is 89.7 Å². The fourth-order valence-electron chi connectivity index (χ4n) is 1.73. The summed E-state index contributed by atoms with van der Waals surface area (Å²) in [6.45, 7) is 1.51. The van der Waals surface area contributed by atoms with Crippen molar-refractivity contribution in [2.45, 2.75) is 31.9 Å². The Morgan fingerprint density at radius 2 is 2.06 bits per heavy atom. The molecule has 0 heterocycles. The largest absolute Gasteiger partial charge is 0.506 e. The van der Waals surface area contributed by atoms with E-state index in [0.29, 0.717) is 0 Å². The van der Waals surface area contributed by atoms with E-state index in [0.717, 1.165) is 5.56 Å². The quantitative estimate of drug-likeness (QED) is 0.477. The molecule has 1 rings (SSSR count). The van der Waals surface area contributed by atoms with E-state index in [-0.39, 0.29) is 12.8 Å². The number of hydrogen-bond acceptors (Lipinski definition) is 4. The molecule has 6 heteroatoms. The Bertz CT molecular complexity index is 406. The van der Waals surface area contributed by atoms with E-state index in [2.05, 4.69) is 4.74 Å². The summed E-state index contributed by atoms with van der Waals surface area (Å²) in [6, 6.07) is 8.22. The minimum absolute atomic E-state index is 0.0637. The van der Waals surface area contributed by atoms with Gasteiger partial charge in [-0.3, -0.25) is 10.1 Å². The molecule has 0 aliphatic carbocycles. The molecule has 0 aliphatic heterocycles. The number of hydrogen-bond donors (Lipinski definition) is 1. The molecular formula is C12H15NO5. The van der Waals surface area contributed by atoms with Crippen molar-refractivity contribution in [1.29, 1.82) is 0 Å². The van der Waals surface area contributed by atoms with E-state index in [4.69, 9.17) is 5.11 Å². The normalized spacial score (nSPS) is 13.6. The Kier molecular flexibility index (Phi) is 5.10. The maximum atomic E-state index is 10.9. The van der Waals surface area contributed by atoms with Crippen LogP contribution in [0.1, 0.15) is 18.9 Å². The van der Waals surface area contributed by atoms with Crippen molar-refractivity contribution in [2.24, 2.45) is 0 Å². The Labute approximate surface area is 104 Å². The number of benzene rings is 1. The summed E-state index contributed by atoms with van der Waals surface area (Å²) in [6.07, 6.45) is -1.78. The van der Waals surface area contributed by atoms with Gasteiger partial charge in [0, 0.05) is 11.3 Å².